The molecule has 1 heterocycles. The molecule has 5 heteroatoms. The summed E-state index contributed by atoms with van der Waals surface area (Å²) in [7, 11) is -3.30. The van der Waals surface area contributed by atoms with Gasteiger partial charge in [0, 0.05) is 0 Å². The number of nitrogens with one attached hydrogen (secondary N) is 2. The molecule has 2 rings (SSSR count). The highest BCUT2D eigenvalue weighted by atomic mass is 32.2. The Morgan fingerprint density at radius 2 is 2.00 bits per heavy atom. The van der Waals surface area contributed by atoms with Crippen molar-refractivity contribution in [1.29, 1.82) is 0 Å². The third-order valence-electron chi connectivity index (χ3n) is 2.26. The summed E-state index contributed by atoms with van der Waals surface area (Å²) < 4.78 is 25.7. The first-order valence-electron chi connectivity index (χ1n) is 4.35. The summed E-state index contributed by atoms with van der Waals surface area (Å²) >= 11 is 0. The van der Waals surface area contributed by atoms with Gasteiger partial charge in [0.05, 0.1) is 12.4 Å². The molecule has 14 heavy (non-hydrogen) atoms. The fourth-order valence-electron chi connectivity index (χ4n) is 1.66. The van der Waals surface area contributed by atoms with Gasteiger partial charge in [-0.15, -0.1) is 0 Å². The average Bonchev–Trinajstić information content (AvgIpc) is 2.06. The Morgan fingerprint density at radius 1 is 1.29 bits per heavy atom. The highest BCUT2D eigenvalue weighted by molar-refractivity contribution is 7.89. The van der Waals surface area contributed by atoms with Gasteiger partial charge in [0.25, 0.3) is 0 Å². The van der Waals surface area contributed by atoms with Gasteiger partial charge in [0.1, 0.15) is 4.90 Å². The fourth-order valence-corrected chi connectivity index (χ4v) is 2.92. The average molecular weight is 212 g/mol. The van der Waals surface area contributed by atoms with Crippen molar-refractivity contribution >= 4 is 15.7 Å². The van der Waals surface area contributed by atoms with Crippen molar-refractivity contribution in [3.8, 4) is 0 Å². The van der Waals surface area contributed by atoms with Crippen molar-refractivity contribution < 1.29 is 8.42 Å². The van der Waals surface area contributed by atoms with E-state index in [2.05, 4.69) is 10.0 Å². The summed E-state index contributed by atoms with van der Waals surface area (Å²) in [6.07, 6.45) is 0. The van der Waals surface area contributed by atoms with Crippen LogP contribution in [0.3, 0.4) is 0 Å². The minimum Gasteiger partial charge on any atom is -0.370 e. The molecule has 1 aromatic carbocycles. The van der Waals surface area contributed by atoms with Crippen LogP contribution >= 0.6 is 0 Å². The van der Waals surface area contributed by atoms with E-state index in [-0.39, 0.29) is 6.67 Å². The second kappa shape index (κ2) is 2.96. The van der Waals surface area contributed by atoms with E-state index in [1.165, 1.54) is 0 Å². The zero-order valence-corrected chi connectivity index (χ0v) is 8.90. The number of aryl methyl sites for hydroxylation is 2. The maximum Gasteiger partial charge on any atom is 0.244 e. The van der Waals surface area contributed by atoms with Crippen LogP contribution in [0.1, 0.15) is 11.1 Å². The molecule has 0 spiro atoms. The Kier molecular flexibility index (Phi) is 2.01. The van der Waals surface area contributed by atoms with Crippen molar-refractivity contribution in [2.24, 2.45) is 0 Å². The largest absolute Gasteiger partial charge is 0.370 e. The zero-order valence-electron chi connectivity index (χ0n) is 8.09. The quantitative estimate of drug-likeness (QED) is 0.673. The van der Waals surface area contributed by atoms with Crippen molar-refractivity contribution in [2.45, 2.75) is 18.7 Å². The molecule has 0 aliphatic carbocycles. The molecule has 0 saturated carbocycles. The SMILES string of the molecule is Cc1cc(C)c2c(c1)S(=O)(=O)NCN2. The van der Waals surface area contributed by atoms with Gasteiger partial charge < -0.3 is 5.32 Å². The molecule has 0 aromatic heterocycles. The van der Waals surface area contributed by atoms with Crippen LogP contribution in [0.4, 0.5) is 5.69 Å². The van der Waals surface area contributed by atoms with Gasteiger partial charge in [-0.25, -0.2) is 8.42 Å². The summed E-state index contributed by atoms with van der Waals surface area (Å²) in [4.78, 5) is 0.348. The molecule has 0 bridgehead atoms. The van der Waals surface area contributed by atoms with Gasteiger partial charge in [0.2, 0.25) is 10.0 Å². The first-order chi connectivity index (χ1) is 6.50. The molecule has 0 atom stereocenters. The molecule has 0 unspecified atom stereocenters. The minimum absolute atomic E-state index is 0.263. The summed E-state index contributed by atoms with van der Waals surface area (Å²) in [5.74, 6) is 0. The summed E-state index contributed by atoms with van der Waals surface area (Å²) in [5, 5.41) is 3.02. The Bertz CT molecular complexity index is 480. The second-order valence-corrected chi connectivity index (χ2v) is 5.19. The maximum atomic E-state index is 11.6. The molecule has 0 amide bonds. The molecular formula is C9H12N2O2S. The lowest BCUT2D eigenvalue weighted by atomic mass is 10.1. The summed E-state index contributed by atoms with van der Waals surface area (Å²) in [5.41, 5.74) is 2.63. The first-order valence-corrected chi connectivity index (χ1v) is 5.84. The van der Waals surface area contributed by atoms with Crippen LogP contribution in [0.5, 0.6) is 0 Å². The molecule has 1 aromatic rings. The Balaban J connectivity index is 2.76. The number of rotatable bonds is 0. The van der Waals surface area contributed by atoms with Gasteiger partial charge >= 0.3 is 0 Å². The van der Waals surface area contributed by atoms with Gasteiger partial charge in [0.15, 0.2) is 0 Å². The number of anilines is 1. The monoisotopic (exact) mass is 212 g/mol. The summed E-state index contributed by atoms with van der Waals surface area (Å²) in [6.45, 7) is 4.05. The Hall–Kier alpha value is -1.07. The van der Waals surface area contributed by atoms with Crippen LogP contribution in [0.25, 0.3) is 0 Å². The van der Waals surface area contributed by atoms with Crippen LogP contribution in [-0.4, -0.2) is 15.1 Å². The lowest BCUT2D eigenvalue weighted by molar-refractivity contribution is 0.581. The number of fused-ring (bicyclic) bond motifs is 1. The molecule has 76 valence electrons. The number of sulfonamides is 1. The zero-order chi connectivity index (χ0) is 10.3. The molecule has 4 nitrogen and oxygen atoms in total. The van der Waals surface area contributed by atoms with Gasteiger partial charge in [-0.1, -0.05) is 6.07 Å². The molecule has 2 N–H and O–H groups in total. The van der Waals surface area contributed by atoms with E-state index in [1.54, 1.807) is 6.07 Å². The van der Waals surface area contributed by atoms with Gasteiger partial charge in [-0.2, -0.15) is 4.72 Å². The molecule has 1 aliphatic heterocycles. The van der Waals surface area contributed by atoms with E-state index in [4.69, 9.17) is 0 Å². The smallest absolute Gasteiger partial charge is 0.244 e. The number of benzene rings is 1. The van der Waals surface area contributed by atoms with Gasteiger partial charge in [-0.3, -0.25) is 0 Å². The van der Waals surface area contributed by atoms with E-state index < -0.39 is 10.0 Å². The van der Waals surface area contributed by atoms with Crippen molar-refractivity contribution in [1.82, 2.24) is 4.72 Å². The van der Waals surface area contributed by atoms with Crippen LogP contribution in [0, 0.1) is 13.8 Å². The minimum atomic E-state index is -3.30. The topological polar surface area (TPSA) is 58.2 Å². The summed E-state index contributed by atoms with van der Waals surface area (Å²) in [6, 6.07) is 3.64. The molecule has 0 radical (unpaired) electrons. The Labute approximate surface area is 83.4 Å². The van der Waals surface area contributed by atoms with E-state index in [9.17, 15) is 8.42 Å². The third kappa shape index (κ3) is 1.38. The van der Waals surface area contributed by atoms with Crippen molar-refractivity contribution in [3.05, 3.63) is 23.3 Å². The highest BCUT2D eigenvalue weighted by Gasteiger charge is 2.23. The van der Waals surface area contributed by atoms with Gasteiger partial charge in [-0.05, 0) is 31.0 Å². The van der Waals surface area contributed by atoms with E-state index in [0.717, 1.165) is 11.1 Å². The van der Waals surface area contributed by atoms with Crippen molar-refractivity contribution in [3.63, 3.8) is 0 Å². The van der Waals surface area contributed by atoms with Crippen LogP contribution in [0.15, 0.2) is 17.0 Å². The third-order valence-corrected chi connectivity index (χ3v) is 3.69. The van der Waals surface area contributed by atoms with E-state index in [0.29, 0.717) is 10.6 Å². The fraction of sp³-hybridized carbons (Fsp3) is 0.333. The van der Waals surface area contributed by atoms with Crippen LogP contribution in [0.2, 0.25) is 0 Å². The number of hydrogen-bond acceptors (Lipinski definition) is 3. The standard InChI is InChI=1S/C9H12N2O2S/c1-6-3-7(2)9-8(4-6)14(12,13)11-5-10-9/h3-4,10-11H,5H2,1-2H3. The maximum absolute atomic E-state index is 11.6. The molecular weight excluding hydrogens is 200 g/mol. The lowest BCUT2D eigenvalue weighted by Gasteiger charge is -2.21. The lowest BCUT2D eigenvalue weighted by Crippen LogP contribution is -2.34. The van der Waals surface area contributed by atoms with Crippen molar-refractivity contribution in [2.75, 3.05) is 12.0 Å². The first kappa shape index (κ1) is 9.48. The molecule has 0 saturated heterocycles. The predicted octanol–water partition coefficient (Wildman–Crippen LogP) is 0.965. The number of hydrogen-bond donors (Lipinski definition) is 2. The molecule has 1 aliphatic rings. The Morgan fingerprint density at radius 3 is 2.71 bits per heavy atom. The van der Waals surface area contributed by atoms with Crippen LogP contribution < -0.4 is 10.0 Å². The normalized spacial score (nSPS) is 18.4. The molecule has 0 fully saturated rings. The highest BCUT2D eigenvalue weighted by Crippen LogP contribution is 2.28. The van der Waals surface area contributed by atoms with E-state index >= 15 is 0 Å². The van der Waals surface area contributed by atoms with E-state index in [1.807, 2.05) is 19.9 Å². The second-order valence-electron chi connectivity index (χ2n) is 3.46. The predicted molar refractivity (Wildman–Crippen MR) is 54.7 cm³/mol. The van der Waals surface area contributed by atoms with Crippen LogP contribution in [-0.2, 0) is 10.0 Å².